The monoisotopic (exact) mass is 442 g/mol. The van der Waals surface area contributed by atoms with Crippen LogP contribution >= 0.6 is 11.8 Å². The average molecular weight is 443 g/mol. The SMILES string of the molecule is Cc1nc2ccc(/C=C3\S/C(=N/CCc4ccc(S(N)(=O)=O)cc4)NC3=O)cc2o1. The molecule has 1 aliphatic heterocycles. The third kappa shape index (κ3) is 4.61. The molecule has 0 saturated carbocycles. The summed E-state index contributed by atoms with van der Waals surface area (Å²) < 4.78 is 28.1. The van der Waals surface area contributed by atoms with Gasteiger partial charge in [-0.2, -0.15) is 0 Å². The van der Waals surface area contributed by atoms with Crippen LogP contribution in [0.2, 0.25) is 0 Å². The van der Waals surface area contributed by atoms with Crippen molar-refractivity contribution in [3.05, 3.63) is 64.4 Å². The van der Waals surface area contributed by atoms with E-state index in [9.17, 15) is 13.2 Å². The molecule has 0 aliphatic carbocycles. The van der Waals surface area contributed by atoms with Crippen molar-refractivity contribution in [2.45, 2.75) is 18.2 Å². The average Bonchev–Trinajstić information content (AvgIpc) is 3.22. The van der Waals surface area contributed by atoms with Crippen LogP contribution < -0.4 is 10.5 Å². The van der Waals surface area contributed by atoms with Gasteiger partial charge in [-0.25, -0.2) is 18.5 Å². The Morgan fingerprint density at radius 3 is 2.73 bits per heavy atom. The number of nitrogens with one attached hydrogen (secondary N) is 1. The Kier molecular flexibility index (Phi) is 5.46. The molecule has 0 spiro atoms. The lowest BCUT2D eigenvalue weighted by Gasteiger charge is -2.01. The van der Waals surface area contributed by atoms with E-state index in [0.717, 1.165) is 16.6 Å². The molecule has 1 saturated heterocycles. The molecule has 0 radical (unpaired) electrons. The van der Waals surface area contributed by atoms with Crippen LogP contribution in [-0.2, 0) is 21.2 Å². The molecule has 3 aromatic rings. The van der Waals surface area contributed by atoms with Gasteiger partial charge < -0.3 is 9.73 Å². The number of thioether (sulfide) groups is 1. The van der Waals surface area contributed by atoms with Crippen molar-refractivity contribution in [2.24, 2.45) is 10.1 Å². The van der Waals surface area contributed by atoms with Gasteiger partial charge in [0.1, 0.15) is 5.52 Å². The number of carbonyl (C=O) groups is 1. The number of sulfonamides is 1. The van der Waals surface area contributed by atoms with Gasteiger partial charge in [0.2, 0.25) is 10.0 Å². The van der Waals surface area contributed by atoms with E-state index >= 15 is 0 Å². The molecule has 10 heteroatoms. The van der Waals surface area contributed by atoms with Crippen molar-refractivity contribution < 1.29 is 17.6 Å². The van der Waals surface area contributed by atoms with E-state index in [4.69, 9.17) is 9.56 Å². The van der Waals surface area contributed by atoms with Gasteiger partial charge in [0, 0.05) is 13.5 Å². The number of hydrogen-bond donors (Lipinski definition) is 2. The van der Waals surface area contributed by atoms with E-state index in [2.05, 4.69) is 15.3 Å². The number of carbonyl (C=O) groups excluding carboxylic acids is 1. The van der Waals surface area contributed by atoms with Crippen molar-refractivity contribution >= 4 is 50.0 Å². The molecule has 2 heterocycles. The molecule has 4 rings (SSSR count). The summed E-state index contributed by atoms with van der Waals surface area (Å²) in [5.74, 6) is 0.390. The summed E-state index contributed by atoms with van der Waals surface area (Å²) >= 11 is 1.27. The molecule has 1 amide bonds. The van der Waals surface area contributed by atoms with Crippen molar-refractivity contribution in [3.8, 4) is 0 Å². The minimum absolute atomic E-state index is 0.0737. The van der Waals surface area contributed by atoms with Gasteiger partial charge in [-0.05, 0) is 59.7 Å². The first kappa shape index (κ1) is 20.3. The van der Waals surface area contributed by atoms with E-state index in [1.807, 2.05) is 18.2 Å². The van der Waals surface area contributed by atoms with E-state index in [0.29, 0.717) is 34.5 Å². The second-order valence-corrected chi connectivity index (χ2v) is 9.24. The first-order valence-electron chi connectivity index (χ1n) is 9.02. The summed E-state index contributed by atoms with van der Waals surface area (Å²) in [5.41, 5.74) is 3.21. The van der Waals surface area contributed by atoms with Crippen LogP contribution in [-0.4, -0.2) is 31.0 Å². The van der Waals surface area contributed by atoms with Crippen LogP contribution in [0.1, 0.15) is 17.0 Å². The molecule has 1 aliphatic rings. The molecule has 1 aromatic heterocycles. The molecule has 0 unspecified atom stereocenters. The predicted octanol–water partition coefficient (Wildman–Crippen LogP) is 2.59. The summed E-state index contributed by atoms with van der Waals surface area (Å²) in [6.07, 6.45) is 2.39. The van der Waals surface area contributed by atoms with Crippen molar-refractivity contribution in [1.82, 2.24) is 10.3 Å². The number of benzene rings is 2. The Bertz CT molecular complexity index is 1290. The fourth-order valence-electron chi connectivity index (χ4n) is 2.93. The Morgan fingerprint density at radius 1 is 1.23 bits per heavy atom. The van der Waals surface area contributed by atoms with Crippen LogP contribution in [0, 0.1) is 6.92 Å². The van der Waals surface area contributed by atoms with Crippen LogP contribution in [0.4, 0.5) is 0 Å². The number of primary sulfonamides is 1. The summed E-state index contributed by atoms with van der Waals surface area (Å²) in [6, 6.07) is 11.9. The van der Waals surface area contributed by atoms with Crippen LogP contribution in [0.5, 0.6) is 0 Å². The lowest BCUT2D eigenvalue weighted by molar-refractivity contribution is -0.115. The summed E-state index contributed by atoms with van der Waals surface area (Å²) in [7, 11) is -3.70. The van der Waals surface area contributed by atoms with Crippen molar-refractivity contribution in [1.29, 1.82) is 0 Å². The molecule has 1 fully saturated rings. The van der Waals surface area contributed by atoms with Gasteiger partial charge in [-0.3, -0.25) is 9.79 Å². The molecule has 2 aromatic carbocycles. The maximum absolute atomic E-state index is 12.2. The van der Waals surface area contributed by atoms with Gasteiger partial charge in [0.25, 0.3) is 5.91 Å². The fraction of sp³-hybridized carbons (Fsp3) is 0.150. The van der Waals surface area contributed by atoms with Crippen LogP contribution in [0.3, 0.4) is 0 Å². The third-order valence-electron chi connectivity index (χ3n) is 4.38. The standard InChI is InChI=1S/C20H18N4O4S2/c1-12-23-16-7-4-14(10-17(16)28-12)11-18-19(25)24-20(29-18)22-9-8-13-2-5-15(6-3-13)30(21,26)27/h2-7,10-11H,8-9H2,1H3,(H2,21,26,27)(H,22,24,25)/b18-11-. The Balaban J connectivity index is 1.41. The number of aromatic nitrogens is 1. The maximum Gasteiger partial charge on any atom is 0.264 e. The molecular weight excluding hydrogens is 424 g/mol. The zero-order chi connectivity index (χ0) is 21.3. The zero-order valence-corrected chi connectivity index (χ0v) is 17.6. The number of oxazole rings is 1. The number of hydrogen-bond acceptors (Lipinski definition) is 7. The minimum atomic E-state index is -3.70. The second kappa shape index (κ2) is 8.05. The third-order valence-corrected chi connectivity index (χ3v) is 6.25. The Labute approximate surface area is 177 Å². The van der Waals surface area contributed by atoms with E-state index < -0.39 is 10.0 Å². The molecule has 0 bridgehead atoms. The minimum Gasteiger partial charge on any atom is -0.441 e. The first-order valence-corrected chi connectivity index (χ1v) is 11.4. The first-order chi connectivity index (χ1) is 14.3. The predicted molar refractivity (Wildman–Crippen MR) is 116 cm³/mol. The van der Waals surface area contributed by atoms with Crippen LogP contribution in [0.25, 0.3) is 17.2 Å². The number of amidine groups is 1. The van der Waals surface area contributed by atoms with Gasteiger partial charge >= 0.3 is 0 Å². The molecule has 30 heavy (non-hydrogen) atoms. The highest BCUT2D eigenvalue weighted by atomic mass is 32.2. The largest absolute Gasteiger partial charge is 0.441 e. The van der Waals surface area contributed by atoms with Gasteiger partial charge in [0.15, 0.2) is 16.6 Å². The van der Waals surface area contributed by atoms with E-state index in [-0.39, 0.29) is 10.8 Å². The van der Waals surface area contributed by atoms with Gasteiger partial charge in [0.05, 0.1) is 9.80 Å². The highest BCUT2D eigenvalue weighted by molar-refractivity contribution is 8.18. The van der Waals surface area contributed by atoms with E-state index in [1.165, 1.54) is 23.9 Å². The van der Waals surface area contributed by atoms with Crippen LogP contribution in [0.15, 0.2) is 61.7 Å². The van der Waals surface area contributed by atoms with Crippen molar-refractivity contribution in [3.63, 3.8) is 0 Å². The Hall–Kier alpha value is -2.95. The normalized spacial score (nSPS) is 17.2. The molecule has 0 atom stereocenters. The summed E-state index contributed by atoms with van der Waals surface area (Å²) in [6.45, 7) is 2.24. The quantitative estimate of drug-likeness (QED) is 0.585. The highest BCUT2D eigenvalue weighted by Gasteiger charge is 2.23. The summed E-state index contributed by atoms with van der Waals surface area (Å²) in [4.78, 5) is 21.5. The van der Waals surface area contributed by atoms with Gasteiger partial charge in [-0.1, -0.05) is 18.2 Å². The zero-order valence-electron chi connectivity index (χ0n) is 16.0. The molecule has 154 valence electrons. The summed E-state index contributed by atoms with van der Waals surface area (Å²) in [5, 5.41) is 8.38. The second-order valence-electron chi connectivity index (χ2n) is 6.65. The number of amides is 1. The Morgan fingerprint density at radius 2 is 2.00 bits per heavy atom. The lowest BCUT2D eigenvalue weighted by atomic mass is 10.1. The smallest absolute Gasteiger partial charge is 0.264 e. The topological polar surface area (TPSA) is 128 Å². The highest BCUT2D eigenvalue weighted by Crippen LogP contribution is 2.27. The lowest BCUT2D eigenvalue weighted by Crippen LogP contribution is -2.20. The van der Waals surface area contributed by atoms with E-state index in [1.54, 1.807) is 25.1 Å². The molecule has 8 nitrogen and oxygen atoms in total. The number of aryl methyl sites for hydroxylation is 1. The maximum atomic E-state index is 12.2. The van der Waals surface area contributed by atoms with Gasteiger partial charge in [-0.15, -0.1) is 0 Å². The number of rotatable bonds is 5. The number of fused-ring (bicyclic) bond motifs is 1. The number of nitrogens with two attached hydrogens (primary N) is 1. The molecule has 3 N–H and O–H groups in total. The number of aliphatic imine (C=N–C) groups is 1. The molecular formula is C20H18N4O4S2. The van der Waals surface area contributed by atoms with Crippen molar-refractivity contribution in [2.75, 3.05) is 6.54 Å². The fourth-order valence-corrected chi connectivity index (χ4v) is 4.29. The number of nitrogens with zero attached hydrogens (tertiary/aromatic N) is 2.